The molecule has 434 valence electrons. The first-order valence-corrected chi connectivity index (χ1v) is 33.7. The van der Waals surface area contributed by atoms with Gasteiger partial charge in [-0.3, -0.25) is 13.8 Å². The number of carbonyl (C=O) groups is 1. The monoisotopic (exact) mass is 1050 g/mol. The van der Waals surface area contributed by atoms with Crippen LogP contribution in [0.1, 0.15) is 328 Å². The first kappa shape index (κ1) is 72.0. The lowest BCUT2D eigenvalue weighted by Gasteiger charge is -2.25. The largest absolute Gasteiger partial charge is 0.472 e. The minimum absolute atomic E-state index is 0.0583. The molecule has 9 heteroatoms. The molecule has 3 unspecified atom stereocenters. The van der Waals surface area contributed by atoms with Crippen LogP contribution < -0.4 is 5.32 Å². The maximum atomic E-state index is 12.9. The van der Waals surface area contributed by atoms with Gasteiger partial charge in [0.05, 0.1) is 39.9 Å². The molecule has 8 nitrogen and oxygen atoms in total. The fourth-order valence-corrected chi connectivity index (χ4v) is 10.6. The van der Waals surface area contributed by atoms with Gasteiger partial charge in [-0.15, -0.1) is 0 Å². The fraction of sp³-hybridized carbons (Fsp3) is 0.922. The predicted octanol–water partition coefficient (Wildman–Crippen LogP) is 19.9. The topological polar surface area (TPSA) is 105 Å². The van der Waals surface area contributed by atoms with Crippen LogP contribution in [0.15, 0.2) is 24.3 Å². The minimum Gasteiger partial charge on any atom is -0.387 e. The Bertz CT molecular complexity index is 1240. The summed E-state index contributed by atoms with van der Waals surface area (Å²) in [6.07, 6.45) is 72.1. The van der Waals surface area contributed by atoms with E-state index in [4.69, 9.17) is 9.05 Å². The number of hydrogen-bond donors (Lipinski definition) is 3. The van der Waals surface area contributed by atoms with Crippen molar-refractivity contribution in [2.45, 2.75) is 341 Å². The van der Waals surface area contributed by atoms with Crippen molar-refractivity contribution in [2.24, 2.45) is 0 Å². The lowest BCUT2D eigenvalue weighted by atomic mass is 10.0. The number of rotatable bonds is 60. The third-order valence-electron chi connectivity index (χ3n) is 14.9. The number of likely N-dealkylation sites (N-methyl/N-ethyl adjacent to an activating group) is 1. The van der Waals surface area contributed by atoms with Crippen molar-refractivity contribution in [2.75, 3.05) is 40.9 Å². The van der Waals surface area contributed by atoms with E-state index in [0.717, 1.165) is 38.5 Å². The SMILES string of the molecule is CCCCCCC/C=C/CC/C=C/C(O)C(COP(=O)(O)OCC[N+](C)(C)C)NC(=O)CCCCCCCCCCCCCCCCCCCCCCCCCCCCCCCCCCCCCCCCCC. The molecule has 0 radical (unpaired) electrons. The van der Waals surface area contributed by atoms with Gasteiger partial charge in [0.15, 0.2) is 0 Å². The Kier molecular flexibility index (Phi) is 54.9. The number of quaternary nitrogens is 1. The van der Waals surface area contributed by atoms with Crippen molar-refractivity contribution in [3.05, 3.63) is 24.3 Å². The molecule has 0 aliphatic rings. The average Bonchev–Trinajstić information content (AvgIpc) is 3.35. The molecule has 0 bridgehead atoms. The number of allylic oxidation sites excluding steroid dienone is 3. The van der Waals surface area contributed by atoms with E-state index >= 15 is 0 Å². The first-order valence-electron chi connectivity index (χ1n) is 32.2. The maximum Gasteiger partial charge on any atom is 0.472 e. The van der Waals surface area contributed by atoms with Crippen molar-refractivity contribution in [3.63, 3.8) is 0 Å². The van der Waals surface area contributed by atoms with Gasteiger partial charge < -0.3 is 19.8 Å². The molecule has 0 spiro atoms. The van der Waals surface area contributed by atoms with E-state index in [0.29, 0.717) is 17.4 Å². The van der Waals surface area contributed by atoms with E-state index in [2.05, 4.69) is 31.3 Å². The summed E-state index contributed by atoms with van der Waals surface area (Å²) in [6.45, 7) is 4.80. The van der Waals surface area contributed by atoms with E-state index in [9.17, 15) is 19.4 Å². The summed E-state index contributed by atoms with van der Waals surface area (Å²) in [5, 5.41) is 13.8. The lowest BCUT2D eigenvalue weighted by Crippen LogP contribution is -2.45. The highest BCUT2D eigenvalue weighted by Gasteiger charge is 2.27. The average molecular weight is 1050 g/mol. The second-order valence-electron chi connectivity index (χ2n) is 23.5. The summed E-state index contributed by atoms with van der Waals surface area (Å²) < 4.78 is 23.6. The quantitative estimate of drug-likeness (QED) is 0.0243. The van der Waals surface area contributed by atoms with Gasteiger partial charge >= 0.3 is 7.82 Å². The molecule has 3 atom stereocenters. The molecule has 0 aliphatic carbocycles. The van der Waals surface area contributed by atoms with Gasteiger partial charge in [-0.25, -0.2) is 4.57 Å². The zero-order valence-electron chi connectivity index (χ0n) is 49.7. The Labute approximate surface area is 455 Å². The van der Waals surface area contributed by atoms with Crippen LogP contribution in [0, 0.1) is 0 Å². The Morgan fingerprint density at radius 1 is 0.452 bits per heavy atom. The number of nitrogens with one attached hydrogen (secondary N) is 1. The number of phosphoric acid groups is 1. The van der Waals surface area contributed by atoms with Crippen LogP contribution >= 0.6 is 7.82 Å². The third-order valence-corrected chi connectivity index (χ3v) is 15.9. The van der Waals surface area contributed by atoms with Crippen LogP contribution in [0.5, 0.6) is 0 Å². The van der Waals surface area contributed by atoms with Gasteiger partial charge in [0.1, 0.15) is 13.2 Å². The van der Waals surface area contributed by atoms with Gasteiger partial charge in [0.2, 0.25) is 5.91 Å². The van der Waals surface area contributed by atoms with E-state index in [1.165, 1.54) is 270 Å². The number of aliphatic hydroxyl groups excluding tert-OH is 1. The summed E-state index contributed by atoms with van der Waals surface area (Å²) in [6, 6.07) is -0.859. The van der Waals surface area contributed by atoms with Crippen molar-refractivity contribution in [3.8, 4) is 0 Å². The number of hydrogen-bond acceptors (Lipinski definition) is 5. The van der Waals surface area contributed by atoms with Crippen LogP contribution in [0.4, 0.5) is 0 Å². The van der Waals surface area contributed by atoms with Gasteiger partial charge in [0, 0.05) is 6.42 Å². The molecule has 0 fully saturated rings. The van der Waals surface area contributed by atoms with Gasteiger partial charge in [-0.1, -0.05) is 314 Å². The first-order chi connectivity index (χ1) is 35.5. The second-order valence-corrected chi connectivity index (χ2v) is 24.9. The highest BCUT2D eigenvalue weighted by molar-refractivity contribution is 7.47. The molecular formula is C64H128N2O6P+. The van der Waals surface area contributed by atoms with Gasteiger partial charge in [-0.05, 0) is 32.1 Å². The van der Waals surface area contributed by atoms with Gasteiger partial charge in [0.25, 0.3) is 0 Å². The summed E-state index contributed by atoms with van der Waals surface area (Å²) in [5.41, 5.74) is 0. The second kappa shape index (κ2) is 55.7. The summed E-state index contributed by atoms with van der Waals surface area (Å²) in [5.74, 6) is -0.182. The van der Waals surface area contributed by atoms with E-state index in [-0.39, 0.29) is 19.1 Å². The Balaban J connectivity index is 3.78. The molecule has 0 rings (SSSR count). The number of amides is 1. The fourth-order valence-electron chi connectivity index (χ4n) is 9.89. The summed E-state index contributed by atoms with van der Waals surface area (Å²) in [4.78, 5) is 23.2. The highest BCUT2D eigenvalue weighted by Crippen LogP contribution is 2.43. The molecule has 0 heterocycles. The number of unbranched alkanes of at least 4 members (excludes halogenated alkanes) is 45. The third kappa shape index (κ3) is 58.5. The Morgan fingerprint density at radius 3 is 1.10 bits per heavy atom. The lowest BCUT2D eigenvalue weighted by molar-refractivity contribution is -0.870. The predicted molar refractivity (Wildman–Crippen MR) is 318 cm³/mol. The molecule has 1 amide bonds. The molecule has 0 aromatic rings. The van der Waals surface area contributed by atoms with Crippen LogP contribution in [0.3, 0.4) is 0 Å². The van der Waals surface area contributed by atoms with Gasteiger partial charge in [-0.2, -0.15) is 0 Å². The van der Waals surface area contributed by atoms with Crippen LogP contribution in [-0.2, 0) is 18.4 Å². The van der Waals surface area contributed by atoms with Crippen molar-refractivity contribution in [1.29, 1.82) is 0 Å². The molecular weight excluding hydrogens is 924 g/mol. The number of nitrogens with zero attached hydrogens (tertiary/aromatic N) is 1. The number of aliphatic hydroxyl groups is 1. The molecule has 0 aromatic heterocycles. The molecule has 0 saturated heterocycles. The molecule has 3 N–H and O–H groups in total. The summed E-state index contributed by atoms with van der Waals surface area (Å²) in [7, 11) is 1.57. The minimum atomic E-state index is -4.35. The van der Waals surface area contributed by atoms with E-state index < -0.39 is 20.0 Å². The van der Waals surface area contributed by atoms with Crippen LogP contribution in [-0.4, -0.2) is 73.4 Å². The Hall–Kier alpha value is -1.02. The number of carbonyl (C=O) groups excluding carboxylic acids is 1. The zero-order valence-corrected chi connectivity index (χ0v) is 50.5. The van der Waals surface area contributed by atoms with Crippen LogP contribution in [0.2, 0.25) is 0 Å². The van der Waals surface area contributed by atoms with Crippen LogP contribution in [0.25, 0.3) is 0 Å². The standard InChI is InChI=1S/C64H127N2O6P/c1-6-8-10-12-14-16-18-19-20-21-22-23-24-25-26-27-28-29-30-31-32-33-34-35-36-37-38-39-40-41-42-43-44-45-46-48-50-52-54-56-58-64(68)65-62(61-72-73(69,70)71-60-59-66(3,4)5)63(67)57-55-53-51-49-47-17-15-13-11-9-7-2/h47,49,55,57,62-63,67H,6-46,48,50-54,56,58-61H2,1-5H3,(H-,65,68,69,70)/p+1/b49-47+,57-55+. The van der Waals surface area contributed by atoms with E-state index in [1.54, 1.807) is 6.08 Å². The normalized spacial score (nSPS) is 13.9. The molecule has 0 aromatic carbocycles. The maximum absolute atomic E-state index is 12.9. The molecule has 73 heavy (non-hydrogen) atoms. The molecule has 0 aliphatic heterocycles. The summed E-state index contributed by atoms with van der Waals surface area (Å²) >= 11 is 0. The highest BCUT2D eigenvalue weighted by atomic mass is 31.2. The number of phosphoric ester groups is 1. The smallest absolute Gasteiger partial charge is 0.387 e. The van der Waals surface area contributed by atoms with E-state index in [1.807, 2.05) is 27.2 Å². The van der Waals surface area contributed by atoms with Crippen molar-refractivity contribution < 1.29 is 32.9 Å². The van der Waals surface area contributed by atoms with Crippen molar-refractivity contribution >= 4 is 13.7 Å². The van der Waals surface area contributed by atoms with Crippen molar-refractivity contribution in [1.82, 2.24) is 5.32 Å². The molecule has 0 saturated carbocycles. The zero-order chi connectivity index (χ0) is 53.5. The Morgan fingerprint density at radius 2 is 0.753 bits per heavy atom.